The molecular formula is C21H19N5O2. The van der Waals surface area contributed by atoms with Gasteiger partial charge >= 0.3 is 0 Å². The molecule has 3 aromatic rings. The van der Waals surface area contributed by atoms with E-state index in [1.807, 2.05) is 37.3 Å². The summed E-state index contributed by atoms with van der Waals surface area (Å²) in [5.74, 6) is -0.390. The highest BCUT2D eigenvalue weighted by Crippen LogP contribution is 2.24. The van der Waals surface area contributed by atoms with Crippen LogP contribution < -0.4 is 0 Å². The number of carbonyl (C=O) groups is 2. The second-order valence-electron chi connectivity index (χ2n) is 6.79. The molecule has 1 fully saturated rings. The van der Waals surface area contributed by atoms with Crippen LogP contribution in [0.1, 0.15) is 33.7 Å². The smallest absolute Gasteiger partial charge is 0.274 e. The Balaban J connectivity index is 1.55. The average Bonchev–Trinajstić information content (AvgIpc) is 3.33. The first-order valence-corrected chi connectivity index (χ1v) is 9.13. The second-order valence-corrected chi connectivity index (χ2v) is 6.79. The molecule has 140 valence electrons. The largest absolute Gasteiger partial charge is 0.358 e. The van der Waals surface area contributed by atoms with E-state index < -0.39 is 0 Å². The van der Waals surface area contributed by atoms with Crippen molar-refractivity contribution in [2.45, 2.75) is 19.8 Å². The lowest BCUT2D eigenvalue weighted by molar-refractivity contribution is -0.139. The third-order valence-corrected chi connectivity index (χ3v) is 5.03. The van der Waals surface area contributed by atoms with Crippen LogP contribution in [0.5, 0.6) is 0 Å². The van der Waals surface area contributed by atoms with Gasteiger partial charge in [0.2, 0.25) is 5.91 Å². The fraction of sp³-hybridized carbons (Fsp3) is 0.238. The summed E-state index contributed by atoms with van der Waals surface area (Å²) in [6.45, 7) is 2.95. The van der Waals surface area contributed by atoms with Gasteiger partial charge in [0, 0.05) is 35.9 Å². The van der Waals surface area contributed by atoms with E-state index in [1.54, 1.807) is 6.07 Å². The molecule has 28 heavy (non-hydrogen) atoms. The van der Waals surface area contributed by atoms with Gasteiger partial charge in [-0.2, -0.15) is 5.26 Å². The van der Waals surface area contributed by atoms with Crippen LogP contribution in [0.15, 0.2) is 42.6 Å². The Morgan fingerprint density at radius 1 is 1.18 bits per heavy atom. The maximum absolute atomic E-state index is 13.0. The number of hydrogen-bond donors (Lipinski definition) is 1. The van der Waals surface area contributed by atoms with Gasteiger partial charge < -0.3 is 4.98 Å². The Morgan fingerprint density at radius 2 is 1.96 bits per heavy atom. The van der Waals surface area contributed by atoms with E-state index in [1.165, 1.54) is 22.3 Å². The number of fused-ring (bicyclic) bond motifs is 1. The third-order valence-electron chi connectivity index (χ3n) is 5.03. The quantitative estimate of drug-likeness (QED) is 0.764. The van der Waals surface area contributed by atoms with E-state index in [2.05, 4.69) is 9.97 Å². The lowest BCUT2D eigenvalue weighted by Crippen LogP contribution is -2.45. The Bertz CT molecular complexity index is 1090. The summed E-state index contributed by atoms with van der Waals surface area (Å²) in [6.07, 6.45) is 2.34. The van der Waals surface area contributed by atoms with E-state index in [-0.39, 0.29) is 23.9 Å². The van der Waals surface area contributed by atoms with Crippen molar-refractivity contribution in [1.29, 1.82) is 5.26 Å². The number of aromatic nitrogens is 2. The summed E-state index contributed by atoms with van der Waals surface area (Å²) in [4.78, 5) is 33.1. The molecule has 7 nitrogen and oxygen atoms in total. The monoisotopic (exact) mass is 373 g/mol. The second kappa shape index (κ2) is 7.16. The maximum Gasteiger partial charge on any atom is 0.274 e. The van der Waals surface area contributed by atoms with Gasteiger partial charge in [0.25, 0.3) is 5.91 Å². The van der Waals surface area contributed by atoms with Crippen LogP contribution in [0.4, 0.5) is 0 Å². The van der Waals surface area contributed by atoms with E-state index in [4.69, 9.17) is 5.26 Å². The number of carbonyl (C=O) groups excluding carboxylic acids is 2. The summed E-state index contributed by atoms with van der Waals surface area (Å²) in [6, 6.07) is 12.9. The first-order valence-electron chi connectivity index (χ1n) is 9.13. The fourth-order valence-electron chi connectivity index (χ4n) is 3.62. The molecule has 2 aromatic heterocycles. The first kappa shape index (κ1) is 17.7. The topological polar surface area (TPSA) is 93.1 Å². The number of pyridine rings is 1. The molecule has 0 spiro atoms. The van der Waals surface area contributed by atoms with E-state index in [0.29, 0.717) is 18.7 Å². The van der Waals surface area contributed by atoms with Crippen LogP contribution in [0.25, 0.3) is 10.9 Å². The summed E-state index contributed by atoms with van der Waals surface area (Å²) in [7, 11) is 0. The van der Waals surface area contributed by atoms with Crippen LogP contribution in [0, 0.1) is 18.3 Å². The van der Waals surface area contributed by atoms with Crippen molar-refractivity contribution in [3.63, 3.8) is 0 Å². The van der Waals surface area contributed by atoms with Crippen LogP contribution in [-0.2, 0) is 11.2 Å². The van der Waals surface area contributed by atoms with Gasteiger partial charge in [0.1, 0.15) is 11.8 Å². The first-order chi connectivity index (χ1) is 13.6. The van der Waals surface area contributed by atoms with Crippen LogP contribution >= 0.6 is 0 Å². The molecule has 1 saturated heterocycles. The van der Waals surface area contributed by atoms with Crippen molar-refractivity contribution in [2.75, 3.05) is 13.1 Å². The van der Waals surface area contributed by atoms with E-state index in [9.17, 15) is 9.59 Å². The Hall–Kier alpha value is -3.66. The summed E-state index contributed by atoms with van der Waals surface area (Å²) in [5.41, 5.74) is 3.53. The number of H-pyrrole nitrogens is 1. The highest BCUT2D eigenvalue weighted by Gasteiger charge is 2.32. The minimum absolute atomic E-state index is 0.111. The lowest BCUT2D eigenvalue weighted by atomic mass is 10.1. The minimum atomic E-state index is -0.279. The van der Waals surface area contributed by atoms with E-state index in [0.717, 1.165) is 28.6 Å². The minimum Gasteiger partial charge on any atom is -0.358 e. The van der Waals surface area contributed by atoms with Gasteiger partial charge in [-0.1, -0.05) is 18.2 Å². The fourth-order valence-corrected chi connectivity index (χ4v) is 3.62. The molecule has 7 heteroatoms. The standard InChI is InChI=1S/C21H19N5O2/c1-14-18(17-5-2-3-6-19(17)24-14)11-20(27)25-9-4-10-26(25)21(28)15-7-8-16(12-22)23-13-15/h2-3,5-8,13,24H,4,9-11H2,1H3. The Kier molecular flexibility index (Phi) is 4.53. The van der Waals surface area contributed by atoms with Gasteiger partial charge in [-0.05, 0) is 37.1 Å². The maximum atomic E-state index is 13.0. The molecule has 3 heterocycles. The van der Waals surface area contributed by atoms with Crippen molar-refractivity contribution >= 4 is 22.7 Å². The molecule has 4 rings (SSSR count). The van der Waals surface area contributed by atoms with Crippen LogP contribution in [-0.4, -0.2) is 44.9 Å². The number of benzene rings is 1. The summed E-state index contributed by atoms with van der Waals surface area (Å²) < 4.78 is 0. The molecule has 0 bridgehead atoms. The molecule has 1 aliphatic heterocycles. The molecule has 1 aromatic carbocycles. The molecule has 0 radical (unpaired) electrons. The van der Waals surface area contributed by atoms with E-state index >= 15 is 0 Å². The average molecular weight is 373 g/mol. The molecule has 0 aliphatic carbocycles. The summed E-state index contributed by atoms with van der Waals surface area (Å²) >= 11 is 0. The number of amides is 2. The molecular weight excluding hydrogens is 354 g/mol. The lowest BCUT2D eigenvalue weighted by Gasteiger charge is -2.28. The number of aromatic amines is 1. The summed E-state index contributed by atoms with van der Waals surface area (Å²) in [5, 5.41) is 12.9. The number of aryl methyl sites for hydroxylation is 1. The van der Waals surface area contributed by atoms with Gasteiger partial charge in [-0.15, -0.1) is 0 Å². The number of nitrogens with one attached hydrogen (secondary N) is 1. The molecule has 0 unspecified atom stereocenters. The molecule has 1 aliphatic rings. The highest BCUT2D eigenvalue weighted by atomic mass is 16.2. The number of nitrogens with zero attached hydrogens (tertiary/aromatic N) is 4. The van der Waals surface area contributed by atoms with Crippen LogP contribution in [0.3, 0.4) is 0 Å². The SMILES string of the molecule is Cc1[nH]c2ccccc2c1CC(=O)N1CCCN1C(=O)c1ccc(C#N)nc1. The Morgan fingerprint density at radius 3 is 2.71 bits per heavy atom. The van der Waals surface area contributed by atoms with Gasteiger partial charge in [-0.25, -0.2) is 9.99 Å². The Labute approximate surface area is 162 Å². The van der Waals surface area contributed by atoms with Gasteiger partial charge in [-0.3, -0.25) is 14.6 Å². The van der Waals surface area contributed by atoms with Gasteiger partial charge in [0.15, 0.2) is 0 Å². The van der Waals surface area contributed by atoms with Crippen molar-refractivity contribution < 1.29 is 9.59 Å². The van der Waals surface area contributed by atoms with Crippen molar-refractivity contribution in [2.24, 2.45) is 0 Å². The third kappa shape index (κ3) is 3.09. The normalized spacial score (nSPS) is 13.7. The molecule has 0 atom stereocenters. The van der Waals surface area contributed by atoms with Crippen molar-refractivity contribution in [3.05, 3.63) is 65.1 Å². The predicted octanol–water partition coefficient (Wildman–Crippen LogP) is 2.58. The predicted molar refractivity (Wildman–Crippen MR) is 103 cm³/mol. The number of rotatable bonds is 3. The molecule has 1 N–H and O–H groups in total. The zero-order valence-electron chi connectivity index (χ0n) is 15.5. The van der Waals surface area contributed by atoms with Gasteiger partial charge in [0.05, 0.1) is 12.0 Å². The van der Waals surface area contributed by atoms with Crippen LogP contribution in [0.2, 0.25) is 0 Å². The van der Waals surface area contributed by atoms with Crippen molar-refractivity contribution in [3.8, 4) is 6.07 Å². The number of hydrazine groups is 1. The number of nitriles is 1. The van der Waals surface area contributed by atoms with Crippen molar-refractivity contribution in [1.82, 2.24) is 20.0 Å². The highest BCUT2D eigenvalue weighted by molar-refractivity contribution is 5.96. The number of hydrogen-bond acceptors (Lipinski definition) is 4. The number of para-hydroxylation sites is 1. The molecule has 0 saturated carbocycles. The zero-order chi connectivity index (χ0) is 19.7. The molecule has 2 amide bonds. The zero-order valence-corrected chi connectivity index (χ0v) is 15.5.